The third kappa shape index (κ3) is 4.74. The van der Waals surface area contributed by atoms with Crippen molar-refractivity contribution in [2.24, 2.45) is 0 Å². The highest BCUT2D eigenvalue weighted by Gasteiger charge is 2.73. The van der Waals surface area contributed by atoms with Crippen LogP contribution in [-0.4, -0.2) is 51.4 Å². The number of amides is 1. The summed E-state index contributed by atoms with van der Waals surface area (Å²) in [7, 11) is 1.61. The summed E-state index contributed by atoms with van der Waals surface area (Å²) >= 11 is 18.2. The van der Waals surface area contributed by atoms with Crippen molar-refractivity contribution in [1.29, 1.82) is 0 Å². The van der Waals surface area contributed by atoms with Crippen molar-refractivity contribution in [3.63, 3.8) is 0 Å². The number of carbonyl (C=O) groups excluding carboxylic acids is 1. The molecule has 0 spiro atoms. The number of rotatable bonds is 5. The Balaban J connectivity index is 1.81. The zero-order chi connectivity index (χ0) is 27.5. The Morgan fingerprint density at radius 3 is 2.05 bits per heavy atom. The molecule has 1 N–H and O–H groups in total. The minimum absolute atomic E-state index is 0.0249. The van der Waals surface area contributed by atoms with Gasteiger partial charge < -0.3 is 4.90 Å². The van der Waals surface area contributed by atoms with E-state index in [0.717, 1.165) is 12.8 Å². The smallest absolute Gasteiger partial charge is 0.339 e. The molecular weight excluding hydrogens is 576 g/mol. The SMILES string of the molecule is CN(C(=O)c1cc(-c2cn[nH]c2-c2c(Cl)cc(C(F)(C(F)(F)F)C(F)(F)F)cc2Cl)cnc1Cl)C1CC1. The van der Waals surface area contributed by atoms with Crippen LogP contribution in [0, 0.1) is 0 Å². The highest BCUT2D eigenvalue weighted by atomic mass is 35.5. The van der Waals surface area contributed by atoms with E-state index in [-0.39, 0.29) is 51.3 Å². The van der Waals surface area contributed by atoms with Gasteiger partial charge in [-0.2, -0.15) is 31.4 Å². The molecule has 4 rings (SSSR count). The maximum Gasteiger partial charge on any atom is 0.435 e. The Kier molecular flexibility index (Phi) is 6.92. The second-order valence-electron chi connectivity index (χ2n) is 8.34. The lowest BCUT2D eigenvalue weighted by molar-refractivity contribution is -0.348. The predicted molar refractivity (Wildman–Crippen MR) is 122 cm³/mol. The van der Waals surface area contributed by atoms with Gasteiger partial charge in [0, 0.05) is 41.5 Å². The molecule has 1 aromatic carbocycles. The summed E-state index contributed by atoms with van der Waals surface area (Å²) in [4.78, 5) is 18.4. The molecule has 5 nitrogen and oxygen atoms in total. The highest BCUT2D eigenvalue weighted by Crippen LogP contribution is 2.55. The van der Waals surface area contributed by atoms with E-state index in [0.29, 0.717) is 0 Å². The third-order valence-electron chi connectivity index (χ3n) is 5.91. The molecule has 0 atom stereocenters. The van der Waals surface area contributed by atoms with E-state index in [1.165, 1.54) is 23.4 Å². The quantitative estimate of drug-likeness (QED) is 0.246. The third-order valence-corrected chi connectivity index (χ3v) is 6.80. The van der Waals surface area contributed by atoms with Crippen LogP contribution < -0.4 is 0 Å². The van der Waals surface area contributed by atoms with Crippen LogP contribution in [0.1, 0.15) is 28.8 Å². The summed E-state index contributed by atoms with van der Waals surface area (Å²) in [6, 6.07) is 1.88. The first-order chi connectivity index (χ1) is 17.1. The normalized spacial score (nSPS) is 14.7. The first-order valence-electron chi connectivity index (χ1n) is 10.4. The molecular formula is C22H14Cl3F7N4O. The molecule has 0 unspecified atom stereocenters. The van der Waals surface area contributed by atoms with E-state index < -0.39 is 39.5 Å². The van der Waals surface area contributed by atoms with Crippen molar-refractivity contribution in [2.45, 2.75) is 36.9 Å². The molecule has 1 aliphatic rings. The average Bonchev–Trinajstić information content (AvgIpc) is 3.54. The van der Waals surface area contributed by atoms with Crippen molar-refractivity contribution in [2.75, 3.05) is 7.05 Å². The van der Waals surface area contributed by atoms with E-state index in [4.69, 9.17) is 34.8 Å². The zero-order valence-corrected chi connectivity index (χ0v) is 20.7. The number of hydrogen-bond donors (Lipinski definition) is 1. The summed E-state index contributed by atoms with van der Waals surface area (Å²) in [6.45, 7) is 0. The van der Waals surface area contributed by atoms with Gasteiger partial charge in [0.1, 0.15) is 5.15 Å². The summed E-state index contributed by atoms with van der Waals surface area (Å²) in [5.41, 5.74) is -7.30. The fourth-order valence-electron chi connectivity index (χ4n) is 3.76. The second kappa shape index (κ2) is 9.32. The lowest BCUT2D eigenvalue weighted by atomic mass is 9.92. The van der Waals surface area contributed by atoms with Gasteiger partial charge in [0.25, 0.3) is 5.91 Å². The highest BCUT2D eigenvalue weighted by molar-refractivity contribution is 6.39. The molecule has 0 bridgehead atoms. The van der Waals surface area contributed by atoms with Gasteiger partial charge in [-0.1, -0.05) is 34.8 Å². The lowest BCUT2D eigenvalue weighted by Gasteiger charge is -2.30. The number of pyridine rings is 1. The van der Waals surface area contributed by atoms with Crippen LogP contribution in [0.25, 0.3) is 22.4 Å². The van der Waals surface area contributed by atoms with Gasteiger partial charge in [0.2, 0.25) is 0 Å². The monoisotopic (exact) mass is 588 g/mol. The summed E-state index contributed by atoms with van der Waals surface area (Å²) in [6.07, 6.45) is -8.47. The molecule has 3 aromatic rings. The minimum atomic E-state index is -6.34. The Bertz CT molecular complexity index is 1330. The van der Waals surface area contributed by atoms with E-state index in [1.807, 2.05) is 0 Å². The first-order valence-corrected chi connectivity index (χ1v) is 11.5. The number of halogens is 10. The topological polar surface area (TPSA) is 61.9 Å². The number of aromatic nitrogens is 3. The minimum Gasteiger partial charge on any atom is -0.339 e. The maximum absolute atomic E-state index is 14.6. The number of nitrogens with zero attached hydrogens (tertiary/aromatic N) is 3. The van der Waals surface area contributed by atoms with Gasteiger partial charge in [0.15, 0.2) is 0 Å². The van der Waals surface area contributed by atoms with Crippen LogP contribution in [0.4, 0.5) is 30.7 Å². The Morgan fingerprint density at radius 2 is 1.54 bits per heavy atom. The summed E-state index contributed by atoms with van der Waals surface area (Å²) in [5, 5.41) is 4.86. The first kappa shape index (κ1) is 27.5. The number of aromatic amines is 1. The fraction of sp³-hybridized carbons (Fsp3) is 0.318. The van der Waals surface area contributed by atoms with E-state index in [2.05, 4.69) is 15.2 Å². The molecule has 2 aromatic heterocycles. The molecule has 37 heavy (non-hydrogen) atoms. The number of H-pyrrole nitrogens is 1. The van der Waals surface area contributed by atoms with Crippen LogP contribution in [-0.2, 0) is 5.67 Å². The Morgan fingerprint density at radius 1 is 0.973 bits per heavy atom. The number of nitrogens with one attached hydrogen (secondary N) is 1. The maximum atomic E-state index is 14.6. The van der Waals surface area contributed by atoms with Crippen molar-refractivity contribution in [1.82, 2.24) is 20.1 Å². The largest absolute Gasteiger partial charge is 0.435 e. The number of alkyl halides is 7. The van der Waals surface area contributed by atoms with Gasteiger partial charge in [0.05, 0.1) is 27.5 Å². The van der Waals surface area contributed by atoms with Crippen LogP contribution in [0.15, 0.2) is 30.6 Å². The molecule has 198 valence electrons. The average molecular weight is 590 g/mol. The molecule has 1 aliphatic carbocycles. The lowest BCUT2D eigenvalue weighted by Crippen LogP contribution is -2.50. The van der Waals surface area contributed by atoms with Crippen molar-refractivity contribution >= 4 is 40.7 Å². The van der Waals surface area contributed by atoms with Crippen molar-refractivity contribution in [3.05, 3.63) is 56.9 Å². The van der Waals surface area contributed by atoms with E-state index in [1.54, 1.807) is 7.05 Å². The molecule has 0 saturated heterocycles. The second-order valence-corrected chi connectivity index (χ2v) is 9.51. The van der Waals surface area contributed by atoms with Crippen LogP contribution in [0.5, 0.6) is 0 Å². The Hall–Kier alpha value is -2.57. The predicted octanol–water partition coefficient (Wildman–Crippen LogP) is 7.62. The molecule has 2 heterocycles. The number of benzene rings is 1. The van der Waals surface area contributed by atoms with Crippen LogP contribution in [0.2, 0.25) is 15.2 Å². The van der Waals surface area contributed by atoms with Crippen molar-refractivity contribution < 1.29 is 35.5 Å². The molecule has 0 radical (unpaired) electrons. The fourth-order valence-corrected chi connectivity index (χ4v) is 4.62. The van der Waals surface area contributed by atoms with Crippen LogP contribution in [0.3, 0.4) is 0 Å². The summed E-state index contributed by atoms with van der Waals surface area (Å²) in [5.74, 6) is -0.397. The van der Waals surface area contributed by atoms with Gasteiger partial charge in [-0.05, 0) is 31.0 Å². The number of hydrogen-bond acceptors (Lipinski definition) is 3. The van der Waals surface area contributed by atoms with Crippen molar-refractivity contribution in [3.8, 4) is 22.4 Å². The van der Waals surface area contributed by atoms with Gasteiger partial charge >= 0.3 is 18.0 Å². The number of carbonyl (C=O) groups is 1. The standard InChI is InChI=1S/C22H14Cl3F7N4O/c1-36(11-2-3-11)19(37)12-4-9(7-33-18(12)25)13-8-34-35-17(13)16-14(23)5-10(6-15(16)24)20(26,21(27,28)29)22(30,31)32/h4-8,11H,2-3H2,1H3,(H,34,35). The summed E-state index contributed by atoms with van der Waals surface area (Å²) < 4.78 is 93.8. The van der Waals surface area contributed by atoms with Gasteiger partial charge in [-0.25, -0.2) is 9.37 Å². The molecule has 1 amide bonds. The van der Waals surface area contributed by atoms with E-state index in [9.17, 15) is 35.5 Å². The zero-order valence-electron chi connectivity index (χ0n) is 18.4. The Labute approximate surface area is 219 Å². The van der Waals surface area contributed by atoms with E-state index >= 15 is 0 Å². The van der Waals surface area contributed by atoms with Gasteiger partial charge in [-0.15, -0.1) is 0 Å². The molecule has 1 saturated carbocycles. The molecule has 1 fully saturated rings. The molecule has 15 heteroatoms. The van der Waals surface area contributed by atoms with Gasteiger partial charge in [-0.3, -0.25) is 9.89 Å². The molecule has 0 aliphatic heterocycles. The van der Waals surface area contributed by atoms with Crippen LogP contribution >= 0.6 is 34.8 Å².